The second-order valence-corrected chi connectivity index (χ2v) is 5.01. The number of benzene rings is 1. The van der Waals surface area contributed by atoms with Gasteiger partial charge >= 0.3 is 5.97 Å². The maximum absolute atomic E-state index is 10.5. The third kappa shape index (κ3) is 3.57. The summed E-state index contributed by atoms with van der Waals surface area (Å²) in [6, 6.07) is 11.1. The van der Waals surface area contributed by atoms with Gasteiger partial charge in [0.25, 0.3) is 0 Å². The summed E-state index contributed by atoms with van der Waals surface area (Å²) < 4.78 is 0. The minimum Gasteiger partial charge on any atom is -0.481 e. The average molecular weight is 247 g/mol. The van der Waals surface area contributed by atoms with Crippen LogP contribution in [0.3, 0.4) is 0 Å². The lowest BCUT2D eigenvalue weighted by Crippen LogP contribution is -2.32. The first-order valence-corrected chi connectivity index (χ1v) is 6.77. The molecule has 3 nitrogen and oxygen atoms in total. The summed E-state index contributed by atoms with van der Waals surface area (Å²) in [5, 5.41) is 12.1. The summed E-state index contributed by atoms with van der Waals surface area (Å²) in [6.07, 6.45) is 4.67. The van der Waals surface area contributed by atoms with Gasteiger partial charge in [0.15, 0.2) is 0 Å². The summed E-state index contributed by atoms with van der Waals surface area (Å²) in [4.78, 5) is 10.5. The number of aliphatic carboxylic acids is 1. The summed E-state index contributed by atoms with van der Waals surface area (Å²) in [5.41, 5.74) is 1.41. The van der Waals surface area contributed by atoms with Gasteiger partial charge in [-0.05, 0) is 37.3 Å². The summed E-state index contributed by atoms with van der Waals surface area (Å²) >= 11 is 0. The predicted molar refractivity (Wildman–Crippen MR) is 71.7 cm³/mol. The van der Waals surface area contributed by atoms with Crippen LogP contribution in [0.25, 0.3) is 0 Å². The first-order chi connectivity index (χ1) is 8.77. The van der Waals surface area contributed by atoms with Gasteiger partial charge in [0.05, 0.1) is 0 Å². The van der Waals surface area contributed by atoms with Gasteiger partial charge in [-0.1, -0.05) is 36.8 Å². The lowest BCUT2D eigenvalue weighted by molar-refractivity contribution is -0.137. The Morgan fingerprint density at radius 1 is 1.28 bits per heavy atom. The predicted octanol–water partition coefficient (Wildman–Crippen LogP) is 2.78. The maximum atomic E-state index is 10.5. The highest BCUT2D eigenvalue weighted by Gasteiger charge is 2.27. The first kappa shape index (κ1) is 13.1. The Kier molecular flexibility index (Phi) is 4.76. The molecule has 18 heavy (non-hydrogen) atoms. The van der Waals surface area contributed by atoms with E-state index in [1.807, 2.05) is 6.07 Å². The van der Waals surface area contributed by atoms with Crippen LogP contribution in [0.15, 0.2) is 30.3 Å². The van der Waals surface area contributed by atoms with Crippen LogP contribution in [0.2, 0.25) is 0 Å². The van der Waals surface area contributed by atoms with Crippen LogP contribution in [-0.2, 0) is 4.79 Å². The SMILES string of the molecule is O=C(O)CCCNC1CCCC1c1ccccc1. The Hall–Kier alpha value is -1.35. The van der Waals surface area contributed by atoms with E-state index in [1.54, 1.807) is 0 Å². The monoisotopic (exact) mass is 247 g/mol. The number of nitrogens with one attached hydrogen (secondary N) is 1. The first-order valence-electron chi connectivity index (χ1n) is 6.77. The average Bonchev–Trinajstić information content (AvgIpc) is 2.84. The molecule has 1 saturated carbocycles. The maximum Gasteiger partial charge on any atom is 0.303 e. The molecule has 0 bridgehead atoms. The molecule has 98 valence electrons. The van der Waals surface area contributed by atoms with Gasteiger partial charge in [-0.15, -0.1) is 0 Å². The summed E-state index contributed by atoms with van der Waals surface area (Å²) in [6.45, 7) is 0.806. The Bertz CT molecular complexity index is 377. The standard InChI is InChI=1S/C15H21NO2/c17-15(18)10-5-11-16-14-9-4-8-13(14)12-6-2-1-3-7-12/h1-3,6-7,13-14,16H,4-5,8-11H2,(H,17,18). The summed E-state index contributed by atoms with van der Waals surface area (Å²) in [5.74, 6) is -0.112. The van der Waals surface area contributed by atoms with Crippen LogP contribution in [0.4, 0.5) is 0 Å². The Morgan fingerprint density at radius 3 is 2.78 bits per heavy atom. The zero-order valence-electron chi connectivity index (χ0n) is 10.6. The van der Waals surface area contributed by atoms with Crippen LogP contribution in [0.1, 0.15) is 43.6 Å². The van der Waals surface area contributed by atoms with Gasteiger partial charge in [-0.2, -0.15) is 0 Å². The third-order valence-electron chi connectivity index (χ3n) is 3.72. The molecular formula is C15H21NO2. The molecule has 0 saturated heterocycles. The van der Waals surface area contributed by atoms with Crippen LogP contribution in [-0.4, -0.2) is 23.7 Å². The molecule has 1 aliphatic carbocycles. The van der Waals surface area contributed by atoms with Crippen molar-refractivity contribution in [2.75, 3.05) is 6.54 Å². The van der Waals surface area contributed by atoms with Crippen molar-refractivity contribution in [3.8, 4) is 0 Å². The fourth-order valence-corrected chi connectivity index (χ4v) is 2.83. The normalized spacial score (nSPS) is 23.1. The van der Waals surface area contributed by atoms with E-state index in [1.165, 1.54) is 24.8 Å². The molecule has 3 heteroatoms. The fourth-order valence-electron chi connectivity index (χ4n) is 2.83. The quantitative estimate of drug-likeness (QED) is 0.760. The molecule has 0 heterocycles. The highest BCUT2D eigenvalue weighted by molar-refractivity contribution is 5.66. The van der Waals surface area contributed by atoms with E-state index < -0.39 is 5.97 Å². The molecular weight excluding hydrogens is 226 g/mol. The minimum absolute atomic E-state index is 0.260. The van der Waals surface area contributed by atoms with E-state index in [9.17, 15) is 4.79 Å². The Labute approximate surface area is 108 Å². The van der Waals surface area contributed by atoms with Gasteiger partial charge in [0, 0.05) is 12.5 Å². The van der Waals surface area contributed by atoms with Gasteiger partial charge in [0.2, 0.25) is 0 Å². The molecule has 1 aromatic carbocycles. The van der Waals surface area contributed by atoms with E-state index in [2.05, 4.69) is 29.6 Å². The highest BCUT2D eigenvalue weighted by atomic mass is 16.4. The Morgan fingerprint density at radius 2 is 2.06 bits per heavy atom. The van der Waals surface area contributed by atoms with Crippen molar-refractivity contribution < 1.29 is 9.90 Å². The van der Waals surface area contributed by atoms with E-state index >= 15 is 0 Å². The largest absolute Gasteiger partial charge is 0.481 e. The highest BCUT2D eigenvalue weighted by Crippen LogP contribution is 2.34. The summed E-state index contributed by atoms with van der Waals surface area (Å²) in [7, 11) is 0. The molecule has 0 radical (unpaired) electrons. The number of rotatable bonds is 6. The molecule has 2 atom stereocenters. The van der Waals surface area contributed by atoms with Crippen molar-refractivity contribution in [2.45, 2.75) is 44.1 Å². The van der Waals surface area contributed by atoms with E-state index in [-0.39, 0.29) is 6.42 Å². The van der Waals surface area contributed by atoms with Crippen LogP contribution in [0, 0.1) is 0 Å². The molecule has 2 unspecified atom stereocenters. The molecule has 0 aliphatic heterocycles. The lowest BCUT2D eigenvalue weighted by atomic mass is 9.94. The van der Waals surface area contributed by atoms with Crippen molar-refractivity contribution in [2.24, 2.45) is 0 Å². The molecule has 0 spiro atoms. The van der Waals surface area contributed by atoms with Crippen molar-refractivity contribution in [3.05, 3.63) is 35.9 Å². The lowest BCUT2D eigenvalue weighted by Gasteiger charge is -2.21. The molecule has 0 aromatic heterocycles. The van der Waals surface area contributed by atoms with E-state index in [0.29, 0.717) is 18.4 Å². The van der Waals surface area contributed by atoms with E-state index in [0.717, 1.165) is 6.54 Å². The van der Waals surface area contributed by atoms with Crippen molar-refractivity contribution in [3.63, 3.8) is 0 Å². The minimum atomic E-state index is -0.706. The number of carboxylic acids is 1. The van der Waals surface area contributed by atoms with Gasteiger partial charge in [-0.3, -0.25) is 4.79 Å². The van der Waals surface area contributed by atoms with Gasteiger partial charge < -0.3 is 10.4 Å². The fraction of sp³-hybridized carbons (Fsp3) is 0.533. The Balaban J connectivity index is 1.83. The molecule has 1 aromatic rings. The van der Waals surface area contributed by atoms with Gasteiger partial charge in [0.1, 0.15) is 0 Å². The second-order valence-electron chi connectivity index (χ2n) is 5.01. The smallest absolute Gasteiger partial charge is 0.303 e. The zero-order chi connectivity index (χ0) is 12.8. The van der Waals surface area contributed by atoms with Crippen molar-refractivity contribution >= 4 is 5.97 Å². The number of carboxylic acid groups (broad SMARTS) is 1. The van der Waals surface area contributed by atoms with Crippen molar-refractivity contribution in [1.82, 2.24) is 5.32 Å². The van der Waals surface area contributed by atoms with E-state index in [4.69, 9.17) is 5.11 Å². The third-order valence-corrected chi connectivity index (χ3v) is 3.72. The molecule has 2 N–H and O–H groups in total. The number of hydrogen-bond donors (Lipinski definition) is 2. The topological polar surface area (TPSA) is 49.3 Å². The molecule has 1 aliphatic rings. The number of hydrogen-bond acceptors (Lipinski definition) is 2. The zero-order valence-corrected chi connectivity index (χ0v) is 10.6. The van der Waals surface area contributed by atoms with Gasteiger partial charge in [-0.25, -0.2) is 0 Å². The van der Waals surface area contributed by atoms with Crippen LogP contribution >= 0.6 is 0 Å². The van der Waals surface area contributed by atoms with Crippen LogP contribution < -0.4 is 5.32 Å². The number of carbonyl (C=O) groups is 1. The van der Waals surface area contributed by atoms with Crippen molar-refractivity contribution in [1.29, 1.82) is 0 Å². The molecule has 1 fully saturated rings. The molecule has 2 rings (SSSR count). The second kappa shape index (κ2) is 6.55. The van der Waals surface area contributed by atoms with Crippen LogP contribution in [0.5, 0.6) is 0 Å². The molecule has 0 amide bonds.